The summed E-state index contributed by atoms with van der Waals surface area (Å²) in [5, 5.41) is 2.86. The van der Waals surface area contributed by atoms with E-state index in [1.807, 2.05) is 32.0 Å². The molecule has 2 amide bonds. The Hall–Kier alpha value is -2.83. The fourth-order valence-corrected chi connectivity index (χ4v) is 4.17. The number of carbonyl (C=O) groups is 1. The maximum Gasteiger partial charge on any atom is 0.322 e. The monoisotopic (exact) mass is 397 g/mol. The molecular weight excluding hydrogens is 369 g/mol. The first-order valence-electron chi connectivity index (χ1n) is 10.3. The lowest BCUT2D eigenvalue weighted by Gasteiger charge is -2.40. The number of hydrogen-bond donors (Lipinski definition) is 1. The Balaban J connectivity index is 1.38. The Bertz CT molecular complexity index is 883. The third-order valence-corrected chi connectivity index (χ3v) is 5.73. The van der Waals surface area contributed by atoms with Crippen molar-refractivity contribution in [2.24, 2.45) is 0 Å². The number of rotatable bonds is 3. The van der Waals surface area contributed by atoms with Crippen LogP contribution >= 0.6 is 0 Å². The van der Waals surface area contributed by atoms with Crippen molar-refractivity contribution in [3.63, 3.8) is 0 Å². The molecule has 0 aliphatic carbocycles. The van der Waals surface area contributed by atoms with Crippen molar-refractivity contribution in [3.8, 4) is 0 Å². The molecule has 0 unspecified atom stereocenters. The number of urea groups is 1. The van der Waals surface area contributed by atoms with E-state index in [-0.39, 0.29) is 17.9 Å². The maximum atomic E-state index is 14.5. The zero-order chi connectivity index (χ0) is 20.4. The van der Waals surface area contributed by atoms with E-state index >= 15 is 0 Å². The van der Waals surface area contributed by atoms with Gasteiger partial charge in [-0.1, -0.05) is 6.07 Å². The minimum absolute atomic E-state index is 0.0276. The number of piperazine rings is 1. The van der Waals surface area contributed by atoms with Crippen LogP contribution in [0.5, 0.6) is 0 Å². The van der Waals surface area contributed by atoms with Gasteiger partial charge in [-0.3, -0.25) is 0 Å². The molecule has 3 heterocycles. The number of carbonyl (C=O) groups excluding carboxylic acids is 1. The van der Waals surface area contributed by atoms with Crippen molar-refractivity contribution in [3.05, 3.63) is 47.9 Å². The minimum Gasteiger partial charge on any atom is -0.369 e. The zero-order valence-corrected chi connectivity index (χ0v) is 17.1. The highest BCUT2D eigenvalue weighted by Crippen LogP contribution is 2.26. The van der Waals surface area contributed by atoms with Gasteiger partial charge in [-0.05, 0) is 57.0 Å². The van der Waals surface area contributed by atoms with Crippen molar-refractivity contribution >= 4 is 23.2 Å². The fraction of sp³-hybridized carbons (Fsp3) is 0.455. The molecule has 0 bridgehead atoms. The molecule has 6 nitrogen and oxygen atoms in total. The van der Waals surface area contributed by atoms with Crippen LogP contribution in [-0.4, -0.2) is 54.7 Å². The second-order valence-electron chi connectivity index (χ2n) is 7.92. The van der Waals surface area contributed by atoms with Crippen LogP contribution in [0.3, 0.4) is 0 Å². The second-order valence-corrected chi connectivity index (χ2v) is 7.92. The first kappa shape index (κ1) is 19.5. The predicted molar refractivity (Wildman–Crippen MR) is 114 cm³/mol. The number of amides is 2. The quantitative estimate of drug-likeness (QED) is 0.854. The lowest BCUT2D eigenvalue weighted by molar-refractivity contribution is 0.184. The van der Waals surface area contributed by atoms with E-state index in [2.05, 4.69) is 20.1 Å². The normalized spacial score (nSPS) is 19.6. The number of nitrogens with zero attached hydrogens (tertiary/aromatic N) is 4. The van der Waals surface area contributed by atoms with Crippen LogP contribution in [0.2, 0.25) is 0 Å². The molecule has 2 fully saturated rings. The van der Waals surface area contributed by atoms with E-state index in [0.717, 1.165) is 44.0 Å². The first-order valence-corrected chi connectivity index (χ1v) is 10.3. The molecule has 1 atom stereocenters. The van der Waals surface area contributed by atoms with Gasteiger partial charge in [-0.15, -0.1) is 0 Å². The van der Waals surface area contributed by atoms with Gasteiger partial charge in [0, 0.05) is 50.1 Å². The standard InChI is InChI=1S/C22H28FN5O/c1-16-6-5-7-21(24-16)27-12-13-28(17(2)15-27)22(29)25-18-8-9-20(19(23)14-18)26-10-3-4-11-26/h5-9,14,17H,3-4,10-13,15H2,1-2H3,(H,25,29)/t17-/m1/s1. The van der Waals surface area contributed by atoms with E-state index in [1.165, 1.54) is 6.07 Å². The van der Waals surface area contributed by atoms with Crippen molar-refractivity contribution in [1.29, 1.82) is 0 Å². The van der Waals surface area contributed by atoms with Crippen LogP contribution in [0.4, 0.5) is 26.4 Å². The van der Waals surface area contributed by atoms with Gasteiger partial charge >= 0.3 is 6.03 Å². The highest BCUT2D eigenvalue weighted by molar-refractivity contribution is 5.90. The van der Waals surface area contributed by atoms with Crippen LogP contribution in [-0.2, 0) is 0 Å². The van der Waals surface area contributed by atoms with E-state index in [0.29, 0.717) is 24.5 Å². The van der Waals surface area contributed by atoms with Gasteiger partial charge in [0.1, 0.15) is 11.6 Å². The molecule has 2 aliphatic heterocycles. The van der Waals surface area contributed by atoms with E-state index < -0.39 is 0 Å². The van der Waals surface area contributed by atoms with Crippen LogP contribution in [0.1, 0.15) is 25.5 Å². The number of benzene rings is 1. The average molecular weight is 397 g/mol. The largest absolute Gasteiger partial charge is 0.369 e. The minimum atomic E-state index is -0.284. The lowest BCUT2D eigenvalue weighted by atomic mass is 10.2. The molecule has 0 spiro atoms. The number of hydrogen-bond acceptors (Lipinski definition) is 4. The van der Waals surface area contributed by atoms with Crippen molar-refractivity contribution < 1.29 is 9.18 Å². The van der Waals surface area contributed by atoms with Gasteiger partial charge in [-0.2, -0.15) is 0 Å². The number of nitrogens with one attached hydrogen (secondary N) is 1. The van der Waals surface area contributed by atoms with Crippen LogP contribution < -0.4 is 15.1 Å². The first-order chi connectivity index (χ1) is 14.0. The molecular formula is C22H28FN5O. The topological polar surface area (TPSA) is 51.7 Å². The van der Waals surface area contributed by atoms with E-state index in [9.17, 15) is 9.18 Å². The molecule has 2 aliphatic rings. The Morgan fingerprint density at radius 3 is 2.59 bits per heavy atom. The maximum absolute atomic E-state index is 14.5. The van der Waals surface area contributed by atoms with Gasteiger partial charge < -0.3 is 20.0 Å². The van der Waals surface area contributed by atoms with E-state index in [4.69, 9.17) is 0 Å². The SMILES string of the molecule is Cc1cccc(N2CCN(C(=O)Nc3ccc(N4CCCC4)c(F)c3)[C@H](C)C2)n1. The Labute approximate surface area is 171 Å². The van der Waals surface area contributed by atoms with Gasteiger partial charge in [0.25, 0.3) is 0 Å². The number of pyridine rings is 1. The summed E-state index contributed by atoms with van der Waals surface area (Å²) in [6.45, 7) is 7.81. The molecule has 1 N–H and O–H groups in total. The summed E-state index contributed by atoms with van der Waals surface area (Å²) >= 11 is 0. The highest BCUT2D eigenvalue weighted by atomic mass is 19.1. The van der Waals surface area contributed by atoms with Crippen LogP contribution in [0, 0.1) is 12.7 Å². The summed E-state index contributed by atoms with van der Waals surface area (Å²) in [5.74, 6) is 0.657. The average Bonchev–Trinajstić information content (AvgIpc) is 3.22. The molecule has 0 radical (unpaired) electrons. The van der Waals surface area contributed by atoms with Gasteiger partial charge in [0.05, 0.1) is 5.69 Å². The van der Waals surface area contributed by atoms with Gasteiger partial charge in [0.2, 0.25) is 0 Å². The Kier molecular flexibility index (Phi) is 5.56. The third kappa shape index (κ3) is 4.28. The second kappa shape index (κ2) is 8.27. The van der Waals surface area contributed by atoms with E-state index in [1.54, 1.807) is 17.0 Å². The van der Waals surface area contributed by atoms with Crippen LogP contribution in [0.15, 0.2) is 36.4 Å². The number of anilines is 3. The summed E-state index contributed by atoms with van der Waals surface area (Å²) in [6, 6.07) is 10.8. The summed E-state index contributed by atoms with van der Waals surface area (Å²) in [5.41, 5.74) is 2.09. The molecule has 7 heteroatoms. The smallest absolute Gasteiger partial charge is 0.322 e. The molecule has 4 rings (SSSR count). The van der Waals surface area contributed by atoms with Crippen molar-refractivity contribution in [2.75, 3.05) is 47.8 Å². The molecule has 2 aromatic rings. The van der Waals surface area contributed by atoms with Gasteiger partial charge in [0.15, 0.2) is 0 Å². The van der Waals surface area contributed by atoms with Gasteiger partial charge in [-0.25, -0.2) is 14.2 Å². The third-order valence-electron chi connectivity index (χ3n) is 5.73. The molecule has 154 valence electrons. The number of halogens is 1. The lowest BCUT2D eigenvalue weighted by Crippen LogP contribution is -2.55. The zero-order valence-electron chi connectivity index (χ0n) is 17.1. The fourth-order valence-electron chi connectivity index (χ4n) is 4.17. The van der Waals surface area contributed by atoms with Crippen molar-refractivity contribution in [2.45, 2.75) is 32.7 Å². The van der Waals surface area contributed by atoms with Crippen LogP contribution in [0.25, 0.3) is 0 Å². The molecule has 2 saturated heterocycles. The Morgan fingerprint density at radius 1 is 1.10 bits per heavy atom. The molecule has 1 aromatic heterocycles. The summed E-state index contributed by atoms with van der Waals surface area (Å²) < 4.78 is 14.5. The Morgan fingerprint density at radius 2 is 1.90 bits per heavy atom. The van der Waals surface area contributed by atoms with Crippen molar-refractivity contribution in [1.82, 2.24) is 9.88 Å². The highest BCUT2D eigenvalue weighted by Gasteiger charge is 2.28. The molecule has 0 saturated carbocycles. The molecule has 1 aromatic carbocycles. The number of aromatic nitrogens is 1. The summed E-state index contributed by atoms with van der Waals surface area (Å²) in [6.07, 6.45) is 2.19. The summed E-state index contributed by atoms with van der Waals surface area (Å²) in [4.78, 5) is 23.4. The molecule has 29 heavy (non-hydrogen) atoms. The summed E-state index contributed by atoms with van der Waals surface area (Å²) in [7, 11) is 0. The predicted octanol–water partition coefficient (Wildman–Crippen LogP) is 3.87. The number of aryl methyl sites for hydroxylation is 1.